The molecule has 0 aliphatic heterocycles. The largest absolute Gasteiger partial charge is 0.469 e. The van der Waals surface area contributed by atoms with Gasteiger partial charge in [-0.1, -0.05) is 36.4 Å². The topological polar surface area (TPSA) is 26.3 Å². The summed E-state index contributed by atoms with van der Waals surface area (Å²) < 4.78 is 4.79. The Labute approximate surface area is 90.6 Å². The molecule has 2 heteroatoms. The number of allylic oxidation sites excluding steroid dienone is 1. The molecule has 0 heterocycles. The number of ether oxygens (including phenoxy) is 1. The van der Waals surface area contributed by atoms with E-state index < -0.39 is 0 Å². The van der Waals surface area contributed by atoms with Crippen LogP contribution in [0.5, 0.6) is 0 Å². The molecule has 1 rings (SSSR count). The average Bonchev–Trinajstić information content (AvgIpc) is 2.30. The molecule has 0 aromatic heterocycles. The Hall–Kier alpha value is -1.57. The number of benzene rings is 1. The molecule has 0 fully saturated rings. The normalized spacial score (nSPS) is 11.8. The molecule has 0 N–H and O–H groups in total. The lowest BCUT2D eigenvalue weighted by atomic mass is 9.94. The second-order valence-corrected chi connectivity index (χ2v) is 3.35. The number of hydrogen-bond donors (Lipinski definition) is 0. The van der Waals surface area contributed by atoms with E-state index in [1.54, 1.807) is 0 Å². The highest BCUT2D eigenvalue weighted by Gasteiger charge is 2.19. The predicted molar refractivity (Wildman–Crippen MR) is 60.6 cm³/mol. The van der Waals surface area contributed by atoms with Crippen molar-refractivity contribution in [3.63, 3.8) is 0 Å². The van der Waals surface area contributed by atoms with E-state index in [9.17, 15) is 4.79 Å². The van der Waals surface area contributed by atoms with Gasteiger partial charge in [-0.25, -0.2) is 0 Å². The Bertz CT molecular complexity index is 317. The molecule has 1 aromatic rings. The van der Waals surface area contributed by atoms with Crippen molar-refractivity contribution in [3.05, 3.63) is 48.6 Å². The Morgan fingerprint density at radius 1 is 1.47 bits per heavy atom. The summed E-state index contributed by atoms with van der Waals surface area (Å²) in [6.07, 6.45) is 3.38. The maximum Gasteiger partial charge on any atom is 0.313 e. The van der Waals surface area contributed by atoms with Crippen LogP contribution in [0.4, 0.5) is 0 Å². The highest BCUT2D eigenvalue weighted by atomic mass is 16.5. The highest BCUT2D eigenvalue weighted by Crippen LogP contribution is 2.22. The van der Waals surface area contributed by atoms with Gasteiger partial charge in [-0.3, -0.25) is 4.79 Å². The van der Waals surface area contributed by atoms with Gasteiger partial charge in [-0.05, 0) is 18.4 Å². The van der Waals surface area contributed by atoms with E-state index in [1.807, 2.05) is 36.4 Å². The first-order chi connectivity index (χ1) is 7.29. The smallest absolute Gasteiger partial charge is 0.313 e. The molecule has 0 bridgehead atoms. The van der Waals surface area contributed by atoms with E-state index in [0.29, 0.717) is 0 Å². The summed E-state index contributed by atoms with van der Waals surface area (Å²) in [5.41, 5.74) is 1.01. The molecule has 2 nitrogen and oxygen atoms in total. The van der Waals surface area contributed by atoms with Gasteiger partial charge in [-0.2, -0.15) is 0 Å². The lowest BCUT2D eigenvalue weighted by molar-refractivity contribution is -0.142. The van der Waals surface area contributed by atoms with E-state index in [2.05, 4.69) is 6.58 Å². The molecule has 80 valence electrons. The van der Waals surface area contributed by atoms with Crippen LogP contribution in [0.1, 0.15) is 24.3 Å². The third-order valence-electron chi connectivity index (χ3n) is 2.35. The van der Waals surface area contributed by atoms with Gasteiger partial charge in [0.15, 0.2) is 0 Å². The molecule has 1 atom stereocenters. The summed E-state index contributed by atoms with van der Waals surface area (Å²) in [5, 5.41) is 0. The second-order valence-electron chi connectivity index (χ2n) is 3.35. The molecule has 1 aromatic carbocycles. The molecule has 1 unspecified atom stereocenters. The zero-order chi connectivity index (χ0) is 11.1. The standard InChI is InChI=1S/C13H16O2/c1-3-4-10-12(13(14)15-2)11-8-6-5-7-9-11/h3,5-9,12H,1,4,10H2,2H3. The summed E-state index contributed by atoms with van der Waals surface area (Å²) in [5.74, 6) is -0.350. The first-order valence-electron chi connectivity index (χ1n) is 5.03. The Kier molecular flexibility index (Phi) is 4.61. The lowest BCUT2D eigenvalue weighted by Gasteiger charge is -2.13. The number of carbonyl (C=O) groups excluding carboxylic acids is 1. The van der Waals surface area contributed by atoms with Crippen molar-refractivity contribution in [2.45, 2.75) is 18.8 Å². The van der Waals surface area contributed by atoms with Crippen LogP contribution in [-0.2, 0) is 9.53 Å². The van der Waals surface area contributed by atoms with Crippen LogP contribution in [0.25, 0.3) is 0 Å². The van der Waals surface area contributed by atoms with Gasteiger partial charge in [0.2, 0.25) is 0 Å². The molecular weight excluding hydrogens is 188 g/mol. The van der Waals surface area contributed by atoms with Crippen LogP contribution in [0.3, 0.4) is 0 Å². The summed E-state index contributed by atoms with van der Waals surface area (Å²) in [4.78, 5) is 11.6. The van der Waals surface area contributed by atoms with Gasteiger partial charge in [0.25, 0.3) is 0 Å². The SMILES string of the molecule is C=CCCC(C(=O)OC)c1ccccc1. The minimum Gasteiger partial charge on any atom is -0.469 e. The van der Waals surface area contributed by atoms with Gasteiger partial charge in [0.1, 0.15) is 0 Å². The van der Waals surface area contributed by atoms with Gasteiger partial charge >= 0.3 is 5.97 Å². The molecule has 0 saturated carbocycles. The Balaban J connectivity index is 2.81. The maximum absolute atomic E-state index is 11.6. The van der Waals surface area contributed by atoms with E-state index in [0.717, 1.165) is 18.4 Å². The fourth-order valence-electron chi connectivity index (χ4n) is 1.53. The summed E-state index contributed by atoms with van der Waals surface area (Å²) in [6.45, 7) is 3.66. The van der Waals surface area contributed by atoms with Crippen LogP contribution in [-0.4, -0.2) is 13.1 Å². The van der Waals surface area contributed by atoms with Crippen molar-refractivity contribution in [1.29, 1.82) is 0 Å². The number of methoxy groups -OCH3 is 1. The molecule has 0 spiro atoms. The number of rotatable bonds is 5. The maximum atomic E-state index is 11.6. The molecule has 0 radical (unpaired) electrons. The zero-order valence-electron chi connectivity index (χ0n) is 8.98. The van der Waals surface area contributed by atoms with Gasteiger partial charge in [0.05, 0.1) is 13.0 Å². The summed E-state index contributed by atoms with van der Waals surface area (Å²) in [7, 11) is 1.42. The minimum absolute atomic E-state index is 0.172. The lowest BCUT2D eigenvalue weighted by Crippen LogP contribution is -2.14. The number of carbonyl (C=O) groups is 1. The quantitative estimate of drug-likeness (QED) is 0.544. The first kappa shape index (κ1) is 11.5. The molecule has 0 amide bonds. The number of hydrogen-bond acceptors (Lipinski definition) is 2. The van der Waals surface area contributed by atoms with E-state index >= 15 is 0 Å². The average molecular weight is 204 g/mol. The zero-order valence-corrected chi connectivity index (χ0v) is 8.98. The third-order valence-corrected chi connectivity index (χ3v) is 2.35. The van der Waals surface area contributed by atoms with Gasteiger partial charge in [-0.15, -0.1) is 6.58 Å². The van der Waals surface area contributed by atoms with Crippen LogP contribution in [0, 0.1) is 0 Å². The second kappa shape index (κ2) is 6.02. The van der Waals surface area contributed by atoms with Crippen molar-refractivity contribution >= 4 is 5.97 Å². The van der Waals surface area contributed by atoms with E-state index in [4.69, 9.17) is 4.74 Å². The van der Waals surface area contributed by atoms with E-state index in [1.165, 1.54) is 7.11 Å². The Morgan fingerprint density at radius 2 is 2.13 bits per heavy atom. The molecule has 0 saturated heterocycles. The molecule has 0 aliphatic carbocycles. The van der Waals surface area contributed by atoms with Crippen molar-refractivity contribution in [2.24, 2.45) is 0 Å². The van der Waals surface area contributed by atoms with Gasteiger partial charge in [0, 0.05) is 0 Å². The monoisotopic (exact) mass is 204 g/mol. The Morgan fingerprint density at radius 3 is 2.67 bits per heavy atom. The summed E-state index contributed by atoms with van der Waals surface area (Å²) in [6, 6.07) is 9.69. The first-order valence-corrected chi connectivity index (χ1v) is 5.03. The van der Waals surface area contributed by atoms with E-state index in [-0.39, 0.29) is 11.9 Å². The molecule has 15 heavy (non-hydrogen) atoms. The van der Waals surface area contributed by atoms with Crippen LogP contribution >= 0.6 is 0 Å². The minimum atomic E-state index is -0.178. The fourth-order valence-corrected chi connectivity index (χ4v) is 1.53. The highest BCUT2D eigenvalue weighted by molar-refractivity contribution is 5.77. The van der Waals surface area contributed by atoms with Crippen LogP contribution in [0.2, 0.25) is 0 Å². The van der Waals surface area contributed by atoms with Crippen molar-refractivity contribution < 1.29 is 9.53 Å². The fraction of sp³-hybridized carbons (Fsp3) is 0.308. The van der Waals surface area contributed by atoms with Crippen molar-refractivity contribution in [3.8, 4) is 0 Å². The predicted octanol–water partition coefficient (Wildman–Crippen LogP) is 2.91. The number of esters is 1. The van der Waals surface area contributed by atoms with Crippen LogP contribution < -0.4 is 0 Å². The van der Waals surface area contributed by atoms with Crippen LogP contribution in [0.15, 0.2) is 43.0 Å². The van der Waals surface area contributed by atoms with Crippen molar-refractivity contribution in [2.75, 3.05) is 7.11 Å². The van der Waals surface area contributed by atoms with Crippen molar-refractivity contribution in [1.82, 2.24) is 0 Å². The summed E-state index contributed by atoms with van der Waals surface area (Å²) >= 11 is 0. The molecular formula is C13H16O2. The third kappa shape index (κ3) is 3.24. The molecule has 0 aliphatic rings. The van der Waals surface area contributed by atoms with Gasteiger partial charge < -0.3 is 4.74 Å².